The van der Waals surface area contributed by atoms with E-state index in [0.717, 1.165) is 18.7 Å². The van der Waals surface area contributed by atoms with Gasteiger partial charge in [-0.15, -0.1) is 0 Å². The average Bonchev–Trinajstić information content (AvgIpc) is 3.40. The lowest BCUT2D eigenvalue weighted by Gasteiger charge is -2.53. The maximum Gasteiger partial charge on any atom is 0.0765 e. The molecule has 3 heteroatoms. The van der Waals surface area contributed by atoms with E-state index in [1.165, 1.54) is 22.5 Å². The highest BCUT2D eigenvalue weighted by Crippen LogP contribution is 2.63. The van der Waals surface area contributed by atoms with Gasteiger partial charge in [0.1, 0.15) is 0 Å². The van der Waals surface area contributed by atoms with E-state index in [1.807, 2.05) is 6.92 Å². The summed E-state index contributed by atoms with van der Waals surface area (Å²) in [6.07, 6.45) is -0.455. The number of nitrogens with zero attached hydrogens (tertiary/aromatic N) is 2. The van der Waals surface area contributed by atoms with Crippen LogP contribution in [0.1, 0.15) is 160 Å². The third-order valence-electron chi connectivity index (χ3n) is 11.7. The normalized spacial score (nSPS) is 19.0. The number of hydrogen-bond acceptors (Lipinski definition) is 3. The van der Waals surface area contributed by atoms with Crippen molar-refractivity contribution in [3.8, 4) is 0 Å². The number of anilines is 2. The molecule has 0 aliphatic carbocycles. The first-order valence-corrected chi connectivity index (χ1v) is 17.8. The van der Waals surface area contributed by atoms with Gasteiger partial charge in [0, 0.05) is 46.4 Å². The Hall–Kier alpha value is -2.00. The molecule has 2 aliphatic heterocycles. The number of aryl methyl sites for hydroxylation is 1. The van der Waals surface area contributed by atoms with Gasteiger partial charge in [-0.05, 0) is 111 Å². The second-order valence-electron chi connectivity index (χ2n) is 20.7. The molecule has 3 nitrogen and oxygen atoms in total. The van der Waals surface area contributed by atoms with Crippen LogP contribution in [0.15, 0.2) is 36.4 Å². The van der Waals surface area contributed by atoms with Gasteiger partial charge in [-0.2, -0.15) is 0 Å². The molecule has 2 aromatic rings. The maximum atomic E-state index is 10.5. The lowest BCUT2D eigenvalue weighted by molar-refractivity contribution is 0.0604. The summed E-state index contributed by atoms with van der Waals surface area (Å²) in [5.74, 6) is 0. The Morgan fingerprint density at radius 1 is 0.543 bits per heavy atom. The summed E-state index contributed by atoms with van der Waals surface area (Å²) in [6.45, 7) is 48.8. The Labute approximate surface area is 285 Å². The number of hydrogen-bond donors (Lipinski definition) is 1. The van der Waals surface area contributed by atoms with E-state index >= 15 is 0 Å². The predicted octanol–water partition coefficient (Wildman–Crippen LogP) is 11.6. The van der Waals surface area contributed by atoms with Crippen molar-refractivity contribution in [1.82, 2.24) is 0 Å². The molecule has 0 saturated carbocycles. The summed E-state index contributed by atoms with van der Waals surface area (Å²) in [5, 5.41) is 10.5. The van der Waals surface area contributed by atoms with E-state index in [0.29, 0.717) is 0 Å². The van der Waals surface area contributed by atoms with Gasteiger partial charge >= 0.3 is 0 Å². The van der Waals surface area contributed by atoms with Crippen LogP contribution in [0.25, 0.3) is 0 Å². The number of fused-ring (bicyclic) bond motifs is 2. The van der Waals surface area contributed by atoms with Gasteiger partial charge in [0.05, 0.1) is 6.10 Å². The number of aliphatic hydroxyl groups excluding tert-OH is 1. The van der Waals surface area contributed by atoms with Crippen LogP contribution in [0.3, 0.4) is 0 Å². The quantitative estimate of drug-likeness (QED) is 0.339. The van der Waals surface area contributed by atoms with E-state index < -0.39 is 6.10 Å². The van der Waals surface area contributed by atoms with Gasteiger partial charge in [0.2, 0.25) is 0 Å². The maximum absolute atomic E-state index is 10.5. The fourth-order valence-electron chi connectivity index (χ4n) is 9.73. The minimum atomic E-state index is -0.455. The van der Waals surface area contributed by atoms with E-state index in [1.54, 1.807) is 5.56 Å². The molecule has 0 bridgehead atoms. The van der Waals surface area contributed by atoms with E-state index in [2.05, 4.69) is 178 Å². The molecule has 0 radical (unpaired) electrons. The second kappa shape index (κ2) is 11.6. The molecule has 2 heterocycles. The molecular weight excluding hydrogens is 560 g/mol. The summed E-state index contributed by atoms with van der Waals surface area (Å²) < 4.78 is 0. The zero-order valence-electron chi connectivity index (χ0n) is 33.8. The van der Waals surface area contributed by atoms with Gasteiger partial charge in [-0.3, -0.25) is 0 Å². The third kappa shape index (κ3) is 6.05. The van der Waals surface area contributed by atoms with E-state index in [-0.39, 0.29) is 43.6 Å². The van der Waals surface area contributed by atoms with Crippen LogP contribution >= 0.6 is 0 Å². The Morgan fingerprint density at radius 3 is 1.20 bits per heavy atom. The third-order valence-corrected chi connectivity index (χ3v) is 11.7. The number of aliphatic hydroxyl groups is 1. The summed E-state index contributed by atoms with van der Waals surface area (Å²) >= 11 is 0. The van der Waals surface area contributed by atoms with E-state index in [4.69, 9.17) is 0 Å². The molecule has 2 aliphatic rings. The van der Waals surface area contributed by atoms with Gasteiger partial charge < -0.3 is 14.9 Å². The molecule has 0 saturated heterocycles. The summed E-state index contributed by atoms with van der Waals surface area (Å²) in [5.41, 5.74) is 9.05. The summed E-state index contributed by atoms with van der Waals surface area (Å²) in [6, 6.07) is 13.3. The van der Waals surface area contributed by atoms with Crippen LogP contribution in [-0.2, 0) is 10.8 Å². The Kier molecular flexibility index (Phi) is 9.66. The van der Waals surface area contributed by atoms with Crippen molar-refractivity contribution < 1.29 is 5.11 Å². The fourth-order valence-corrected chi connectivity index (χ4v) is 9.73. The molecule has 1 unspecified atom stereocenters. The lowest BCUT2D eigenvalue weighted by atomic mass is 9.51. The monoisotopic (exact) mass is 633 g/mol. The Morgan fingerprint density at radius 2 is 0.870 bits per heavy atom. The van der Waals surface area contributed by atoms with Crippen LogP contribution in [0.5, 0.6) is 0 Å². The van der Waals surface area contributed by atoms with E-state index in [9.17, 15) is 5.11 Å². The largest absolute Gasteiger partial charge is 0.389 e. The standard InChI is InChI=1S/C22H37NO.C21H35N/c1-15(24)16-12-11-13-17-18(16)22(19(2,3)4,20(5,6)7)14-23(17)21(8,9)10;1-15-12-11-13-16-17(15)21(18(2,3)4,19(5,6)7)14-22(16)20(8,9)10/h11-13,15,24H,14H2,1-10H3;11-13H,14H2,1-10H3. The van der Waals surface area contributed by atoms with Crippen LogP contribution in [0.2, 0.25) is 0 Å². The lowest BCUT2D eigenvalue weighted by Crippen LogP contribution is -2.55. The van der Waals surface area contributed by atoms with Crippen LogP contribution in [0.4, 0.5) is 11.4 Å². The average molecular weight is 633 g/mol. The van der Waals surface area contributed by atoms with Crippen LogP contribution in [-0.4, -0.2) is 29.3 Å². The first kappa shape index (κ1) is 38.4. The molecule has 0 fully saturated rings. The zero-order chi connectivity index (χ0) is 35.9. The van der Waals surface area contributed by atoms with Crippen LogP contribution in [0, 0.1) is 28.6 Å². The first-order valence-electron chi connectivity index (χ1n) is 17.8. The molecule has 0 amide bonds. The molecule has 0 spiro atoms. The SMILES string of the molecule is CC(O)c1cccc2c1C(C(C)(C)C)(C(C)(C)C)CN2C(C)(C)C.Cc1cccc2c1C(C(C)(C)C)(C(C)(C)C)CN2C(C)(C)C. The molecule has 0 aromatic heterocycles. The highest BCUT2D eigenvalue weighted by molar-refractivity contribution is 5.69. The van der Waals surface area contributed by atoms with Gasteiger partial charge in [0.15, 0.2) is 0 Å². The number of benzene rings is 2. The van der Waals surface area contributed by atoms with Crippen LogP contribution < -0.4 is 9.80 Å². The van der Waals surface area contributed by atoms with Crippen molar-refractivity contribution in [3.05, 3.63) is 58.7 Å². The molecule has 4 rings (SSSR count). The van der Waals surface area contributed by atoms with Gasteiger partial charge in [-0.1, -0.05) is 107 Å². The summed E-state index contributed by atoms with van der Waals surface area (Å²) in [4.78, 5) is 5.18. The van der Waals surface area contributed by atoms with Gasteiger partial charge in [-0.25, -0.2) is 0 Å². The van der Waals surface area contributed by atoms with Gasteiger partial charge in [0.25, 0.3) is 0 Å². The summed E-state index contributed by atoms with van der Waals surface area (Å²) in [7, 11) is 0. The second-order valence-corrected chi connectivity index (χ2v) is 20.7. The van der Waals surface area contributed by atoms with Crippen molar-refractivity contribution >= 4 is 11.4 Å². The molecule has 260 valence electrons. The fraction of sp³-hybridized carbons (Fsp3) is 0.721. The highest BCUT2D eigenvalue weighted by atomic mass is 16.3. The minimum absolute atomic E-state index is 0.0316. The van der Waals surface area contributed by atoms with Crippen molar-refractivity contribution in [2.45, 2.75) is 166 Å². The minimum Gasteiger partial charge on any atom is -0.389 e. The smallest absolute Gasteiger partial charge is 0.0765 e. The Bertz CT molecular complexity index is 1360. The molecule has 46 heavy (non-hydrogen) atoms. The molecule has 1 N–H and O–H groups in total. The molecule has 1 atom stereocenters. The van der Waals surface area contributed by atoms with Crippen molar-refractivity contribution in [1.29, 1.82) is 0 Å². The topological polar surface area (TPSA) is 26.7 Å². The Balaban J connectivity index is 0.000000251. The highest BCUT2D eigenvalue weighted by Gasteiger charge is 2.60. The number of rotatable bonds is 1. The predicted molar refractivity (Wildman–Crippen MR) is 204 cm³/mol. The van der Waals surface area contributed by atoms with Crippen molar-refractivity contribution in [2.75, 3.05) is 22.9 Å². The molecule has 2 aromatic carbocycles. The zero-order valence-corrected chi connectivity index (χ0v) is 33.8. The first-order chi connectivity index (χ1) is 20.4. The van der Waals surface area contributed by atoms with Crippen molar-refractivity contribution in [3.63, 3.8) is 0 Å². The van der Waals surface area contributed by atoms with Crippen molar-refractivity contribution in [2.24, 2.45) is 21.7 Å². The molecular formula is C43H72N2O.